The second kappa shape index (κ2) is 26.2. The van der Waals surface area contributed by atoms with Crippen molar-refractivity contribution in [2.45, 2.75) is 91.4 Å². The Kier molecular flexibility index (Phi) is 14.1. The Bertz CT molecular complexity index is 7090. The van der Waals surface area contributed by atoms with Gasteiger partial charge in [0.2, 0.25) is 11.8 Å². The fourth-order valence-corrected chi connectivity index (χ4v) is 19.0. The van der Waals surface area contributed by atoms with Crippen LogP contribution in [0, 0.1) is 0 Å². The van der Waals surface area contributed by atoms with E-state index in [0.29, 0.717) is 63.9 Å². The minimum atomic E-state index is -1.20. The van der Waals surface area contributed by atoms with E-state index < -0.39 is 23.0 Å². The van der Waals surface area contributed by atoms with Crippen LogP contribution >= 0.6 is 0 Å². The summed E-state index contributed by atoms with van der Waals surface area (Å²) in [6.07, 6.45) is 8.01. The van der Waals surface area contributed by atoms with Crippen LogP contribution in [0.2, 0.25) is 0 Å². The van der Waals surface area contributed by atoms with E-state index in [1.165, 1.54) is 0 Å². The first-order chi connectivity index (χ1) is 60.5. The van der Waals surface area contributed by atoms with Gasteiger partial charge in [-0.15, -0.1) is 0 Å². The van der Waals surface area contributed by atoms with Crippen molar-refractivity contribution >= 4 is 135 Å². The number of hydrogen-bond acceptors (Lipinski definition) is 8. The molecule has 19 aromatic rings. The van der Waals surface area contributed by atoms with E-state index in [4.69, 9.17) is 17.7 Å². The third-order valence-electron chi connectivity index (χ3n) is 24.9. The largest absolute Gasteiger partial charge is 0.467 e. The Morgan fingerprint density at radius 3 is 1.03 bits per heavy atom. The van der Waals surface area contributed by atoms with Gasteiger partial charge < -0.3 is 36.6 Å². The molecule has 23 rings (SSSR count). The maximum Gasteiger partial charge on any atom is 0.252 e. The Labute approximate surface area is 700 Å². The zero-order chi connectivity index (χ0) is 85.3. The second-order valence-electron chi connectivity index (χ2n) is 35.2. The molecule has 4 aliphatic heterocycles. The summed E-state index contributed by atoms with van der Waals surface area (Å²) >= 11 is 0. The number of benzene rings is 13. The summed E-state index contributed by atoms with van der Waals surface area (Å²) in [6.45, 7) is 19.0. The molecule has 13 aromatic carbocycles. The van der Waals surface area contributed by atoms with Crippen LogP contribution in [0.25, 0.3) is 99.5 Å². The van der Waals surface area contributed by atoms with Crippen molar-refractivity contribution < 1.29 is 25.9 Å². The molecule has 4 aliphatic rings. The number of fused-ring (bicyclic) bond motifs is 14. The average Bonchev–Trinajstić information content (AvgIpc) is 1.18. The van der Waals surface area contributed by atoms with Crippen LogP contribution in [-0.4, -0.2) is 15.8 Å². The molecule has 6 aromatic heterocycles. The summed E-state index contributed by atoms with van der Waals surface area (Å²) in [5, 5.41) is 3.41. The lowest BCUT2D eigenvalue weighted by atomic mass is 9.33. The number of furan rings is 4. The minimum absolute atomic E-state index is 0.0420. The van der Waals surface area contributed by atoms with Crippen LogP contribution in [0.15, 0.2) is 346 Å². The van der Waals surface area contributed by atoms with Gasteiger partial charge in [0.25, 0.3) is 6.71 Å². The molecule has 0 aliphatic carbocycles. The van der Waals surface area contributed by atoms with E-state index in [1.54, 1.807) is 25.1 Å². The van der Waals surface area contributed by atoms with E-state index in [2.05, 4.69) is 264 Å². The summed E-state index contributed by atoms with van der Waals surface area (Å²) in [5.41, 5.74) is 22.0. The molecule has 10 nitrogen and oxygen atoms in total. The normalized spacial score (nSPS) is 14.3. The monoisotopic (exact) mass is 1550 g/mol. The average molecular weight is 1550 g/mol. The smallest absolute Gasteiger partial charge is 0.252 e. The first-order valence-electron chi connectivity index (χ1n) is 44.0. The van der Waals surface area contributed by atoms with Gasteiger partial charge in [-0.1, -0.05) is 232 Å². The first kappa shape index (κ1) is 64.1. The summed E-state index contributed by atoms with van der Waals surface area (Å²) in [5.74, 6) is 3.00. The van der Waals surface area contributed by atoms with Crippen LogP contribution in [0.1, 0.15) is 110 Å². The molecule has 0 fully saturated rings. The Hall–Kier alpha value is -14.2. The van der Waals surface area contributed by atoms with Crippen LogP contribution in [-0.2, 0) is 29.1 Å². The lowest BCUT2D eigenvalue weighted by Gasteiger charge is -2.47. The van der Waals surface area contributed by atoms with Gasteiger partial charge in [-0.25, -0.2) is 0 Å². The number of para-hydroxylation sites is 2. The summed E-state index contributed by atoms with van der Waals surface area (Å²) in [6, 6.07) is 91.6. The molecule has 10 heterocycles. The number of nitrogens with zero attached hydrogens (tertiary/aromatic N) is 6. The van der Waals surface area contributed by atoms with Crippen LogP contribution in [0.5, 0.6) is 0 Å². The number of anilines is 12. The summed E-state index contributed by atoms with van der Waals surface area (Å²) in [7, 11) is 0. The Morgan fingerprint density at radius 1 is 0.303 bits per heavy atom. The van der Waals surface area contributed by atoms with Crippen molar-refractivity contribution in [3.63, 3.8) is 0 Å². The zero-order valence-electron chi connectivity index (χ0n) is 73.5. The maximum absolute atomic E-state index is 12.0. The number of rotatable bonds is 10. The molecule has 0 bridgehead atoms. The molecule has 0 saturated carbocycles. The van der Waals surface area contributed by atoms with Gasteiger partial charge in [-0.05, 0) is 193 Å². The summed E-state index contributed by atoms with van der Waals surface area (Å²) in [4.78, 5) is 8.73. The minimum Gasteiger partial charge on any atom is -0.467 e. The van der Waals surface area contributed by atoms with Crippen molar-refractivity contribution in [2.75, 3.05) is 19.6 Å². The van der Waals surface area contributed by atoms with Crippen molar-refractivity contribution in [3.8, 4) is 55.9 Å². The molecular weight excluding hydrogens is 1460 g/mol. The van der Waals surface area contributed by atoms with Crippen molar-refractivity contribution in [1.82, 2.24) is 9.13 Å². The van der Waals surface area contributed by atoms with Gasteiger partial charge in [-0.3, -0.25) is 9.80 Å². The van der Waals surface area contributed by atoms with Gasteiger partial charge in [0.15, 0.2) is 0 Å². The van der Waals surface area contributed by atoms with Gasteiger partial charge in [0.05, 0.1) is 78.1 Å². The number of aromatic nitrogens is 2. The highest BCUT2D eigenvalue weighted by atomic mass is 16.4. The van der Waals surface area contributed by atoms with Crippen molar-refractivity contribution in [2.24, 2.45) is 0 Å². The van der Waals surface area contributed by atoms with Gasteiger partial charge >= 0.3 is 0 Å². The third-order valence-corrected chi connectivity index (χ3v) is 24.9. The van der Waals surface area contributed by atoms with Crippen LogP contribution in [0.4, 0.5) is 68.6 Å². The maximum atomic E-state index is 12.0. The van der Waals surface area contributed by atoms with Crippen LogP contribution < -0.4 is 36.0 Å². The van der Waals surface area contributed by atoms with Crippen molar-refractivity contribution in [3.05, 3.63) is 368 Å². The fraction of sp³-hybridized carbons (Fsp3) is 0.130. The molecule has 119 heavy (non-hydrogen) atoms. The van der Waals surface area contributed by atoms with E-state index in [0.717, 1.165) is 151 Å². The summed E-state index contributed by atoms with van der Waals surface area (Å²) < 4.78 is 99.0. The molecule has 0 unspecified atom stereocenters. The Balaban J connectivity index is 0.889. The number of hydrogen-bond donors (Lipinski definition) is 0. The van der Waals surface area contributed by atoms with E-state index in [9.17, 15) is 8.22 Å². The predicted molar refractivity (Wildman–Crippen MR) is 491 cm³/mol. The first-order valence-corrected chi connectivity index (χ1v) is 41.0. The third kappa shape index (κ3) is 10.9. The zero-order valence-corrected chi connectivity index (χ0v) is 67.5. The molecule has 0 radical (unpaired) electrons. The second-order valence-corrected chi connectivity index (χ2v) is 35.2. The lowest BCUT2D eigenvalue weighted by Crippen LogP contribution is -2.61. The lowest BCUT2D eigenvalue weighted by molar-refractivity contribution is 0.512. The van der Waals surface area contributed by atoms with Gasteiger partial charge in [-0.2, -0.15) is 0 Å². The molecule has 0 saturated heterocycles. The molecule has 0 amide bonds. The fourth-order valence-electron chi connectivity index (χ4n) is 19.0. The molecule has 0 spiro atoms. The highest BCUT2D eigenvalue weighted by Crippen LogP contribution is 2.57. The van der Waals surface area contributed by atoms with E-state index in [1.807, 2.05) is 94.1 Å². The molecule has 574 valence electrons. The predicted octanol–water partition coefficient (Wildman–Crippen LogP) is 27.6. The SMILES string of the molecule is [2H]c1c([2H])c(-n2c3ccccc3c3cc(N4c5ccoc5Cc5ccoc54)ccc32)c([2H])c2c1B1c3c(cc(C(C)(C)C)cc3N(c3c(-c4ccccc4)cc(C(C)(C)C)cc3-c3ccccc3)c3c([2H])c(-n4c5ccccc5c5cc(N6c7ccoc7Cc7ccoc76)ccc54)c([2H])c([2H])c31)N2c1c(-c2ccccc2)cc(C(C)(C)C)cc1-c1ccccc1. The molecule has 0 N–H and O–H groups in total. The van der Waals surface area contributed by atoms with Gasteiger partial charge in [0.1, 0.15) is 11.5 Å². The highest BCUT2D eigenvalue weighted by Gasteiger charge is 2.47. The van der Waals surface area contributed by atoms with Crippen molar-refractivity contribution in [1.29, 1.82) is 0 Å². The molecule has 11 heteroatoms. The highest BCUT2D eigenvalue weighted by molar-refractivity contribution is 7.00. The standard InChI is InChI=1S/C108H85BN6O4/c1-106(2,3)72-56-81(66-26-14-10-15-27-66)102(82(57-72)67-28-16-11-17-29-67)114-95-64-77(110-89-36-24-22-34-79(89)85-62-75(40-44-91(85)110)112-93-48-52-116-99(93)54-70-46-50-118-104(70)112)38-42-87(95)109-88-43-39-78(111-90-37-25-23-35-80(90)86-63-76(41-45-92(86)111)113-94-49-53-117-100(94)55-71-47-51-119-105(71)113)65-96(88)115(98-61-74(108(7,8)9)60-97(114)101(98)109)103-83(68-30-18-12-19-31-68)58-73(107(4,5)6)59-84(103)69-32-20-13-21-33-69/h10-53,56-65H,54-55H2,1-9H3/i38D,39D,42D,43D,64D,65D. The molecule has 0 atom stereocenters. The van der Waals surface area contributed by atoms with Crippen LogP contribution in [0.3, 0.4) is 0 Å². The van der Waals surface area contributed by atoms with E-state index in [-0.39, 0.29) is 58.6 Å². The topological polar surface area (TPSA) is 75.4 Å². The van der Waals surface area contributed by atoms with Gasteiger partial charge in [0, 0.05) is 125 Å². The molecular formula is C108H85BN6O4. The quantitative estimate of drug-likeness (QED) is 0.125. The Morgan fingerprint density at radius 2 is 0.647 bits per heavy atom. The van der Waals surface area contributed by atoms with E-state index >= 15 is 0 Å².